The van der Waals surface area contributed by atoms with Gasteiger partial charge >= 0.3 is 0 Å². The molecule has 28 heavy (non-hydrogen) atoms. The molecule has 1 amide bonds. The quantitative estimate of drug-likeness (QED) is 0.630. The first kappa shape index (κ1) is 19.4. The first-order valence-electron chi connectivity index (χ1n) is 9.17. The molecule has 0 radical (unpaired) electrons. The Morgan fingerprint density at radius 1 is 1.07 bits per heavy atom. The van der Waals surface area contributed by atoms with Gasteiger partial charge in [0, 0.05) is 25.5 Å². The van der Waals surface area contributed by atoms with E-state index in [4.69, 9.17) is 4.74 Å². The molecule has 144 valence electrons. The number of aryl methyl sites for hydroxylation is 1. The van der Waals surface area contributed by atoms with Crippen molar-refractivity contribution in [1.29, 1.82) is 0 Å². The molecule has 3 aromatic rings. The van der Waals surface area contributed by atoms with E-state index in [1.165, 1.54) is 18.0 Å². The second kappa shape index (κ2) is 9.50. The van der Waals surface area contributed by atoms with E-state index in [0.29, 0.717) is 24.6 Å². The van der Waals surface area contributed by atoms with Crippen LogP contribution in [0.1, 0.15) is 27.0 Å². The van der Waals surface area contributed by atoms with E-state index in [1.807, 2.05) is 55.5 Å². The van der Waals surface area contributed by atoms with Crippen molar-refractivity contribution in [3.63, 3.8) is 0 Å². The van der Waals surface area contributed by atoms with Gasteiger partial charge in [0.05, 0.1) is 12.7 Å². The Kier molecular flexibility index (Phi) is 6.57. The molecule has 6 heteroatoms. The van der Waals surface area contributed by atoms with E-state index in [2.05, 4.69) is 20.6 Å². The summed E-state index contributed by atoms with van der Waals surface area (Å²) >= 11 is 0. The third-order valence-corrected chi connectivity index (χ3v) is 4.32. The van der Waals surface area contributed by atoms with Crippen molar-refractivity contribution in [2.45, 2.75) is 19.9 Å². The highest BCUT2D eigenvalue weighted by atomic mass is 16.5. The van der Waals surface area contributed by atoms with Gasteiger partial charge < -0.3 is 15.4 Å². The van der Waals surface area contributed by atoms with Gasteiger partial charge in [0.25, 0.3) is 5.91 Å². The summed E-state index contributed by atoms with van der Waals surface area (Å²) in [5.41, 5.74) is 3.77. The fraction of sp³-hybridized carbons (Fsp3) is 0.227. The number of anilines is 1. The Hall–Kier alpha value is -3.41. The number of nitrogens with zero attached hydrogens (tertiary/aromatic N) is 2. The van der Waals surface area contributed by atoms with E-state index >= 15 is 0 Å². The van der Waals surface area contributed by atoms with E-state index in [9.17, 15) is 4.79 Å². The van der Waals surface area contributed by atoms with Crippen molar-refractivity contribution in [2.24, 2.45) is 0 Å². The molecule has 1 aromatic heterocycles. The van der Waals surface area contributed by atoms with Crippen molar-refractivity contribution in [3.8, 4) is 5.75 Å². The van der Waals surface area contributed by atoms with Crippen molar-refractivity contribution in [2.75, 3.05) is 19.0 Å². The van der Waals surface area contributed by atoms with Crippen LogP contribution in [0.3, 0.4) is 0 Å². The molecule has 2 aromatic carbocycles. The zero-order valence-corrected chi connectivity index (χ0v) is 16.1. The highest BCUT2D eigenvalue weighted by Crippen LogP contribution is 2.17. The zero-order chi connectivity index (χ0) is 19.8. The van der Waals surface area contributed by atoms with Crippen molar-refractivity contribution in [1.82, 2.24) is 15.3 Å². The third-order valence-electron chi connectivity index (χ3n) is 4.32. The fourth-order valence-electron chi connectivity index (χ4n) is 2.86. The molecule has 0 aliphatic carbocycles. The number of carbonyl (C=O) groups is 1. The summed E-state index contributed by atoms with van der Waals surface area (Å²) in [4.78, 5) is 20.7. The average Bonchev–Trinajstić information content (AvgIpc) is 2.73. The summed E-state index contributed by atoms with van der Waals surface area (Å²) < 4.78 is 5.35. The lowest BCUT2D eigenvalue weighted by Gasteiger charge is -2.09. The smallest absolute Gasteiger partial charge is 0.254 e. The summed E-state index contributed by atoms with van der Waals surface area (Å²) in [5.74, 6) is 1.16. The standard InChI is InChI=1S/C22H24N4O2/c1-16-6-5-7-17(12-16)13-24-21(27)19-14-25-22(26-15-19)23-11-10-18-8-3-4-9-20(18)28-2/h3-9,12,14-15H,10-11,13H2,1-2H3,(H,24,27)(H,23,25,26). The minimum absolute atomic E-state index is 0.193. The fourth-order valence-corrected chi connectivity index (χ4v) is 2.86. The Morgan fingerprint density at radius 3 is 2.61 bits per heavy atom. The number of carbonyl (C=O) groups excluding carboxylic acids is 1. The molecule has 3 rings (SSSR count). The second-order valence-electron chi connectivity index (χ2n) is 6.46. The lowest BCUT2D eigenvalue weighted by molar-refractivity contribution is 0.0950. The number of amides is 1. The van der Waals surface area contributed by atoms with E-state index < -0.39 is 0 Å². The highest BCUT2D eigenvalue weighted by Gasteiger charge is 2.07. The summed E-state index contributed by atoms with van der Waals surface area (Å²) in [7, 11) is 1.66. The third kappa shape index (κ3) is 5.30. The summed E-state index contributed by atoms with van der Waals surface area (Å²) in [6, 6.07) is 15.9. The van der Waals surface area contributed by atoms with Crippen LogP contribution in [0.2, 0.25) is 0 Å². The summed E-state index contributed by atoms with van der Waals surface area (Å²) in [6.45, 7) is 3.16. The van der Waals surface area contributed by atoms with Crippen LogP contribution in [0, 0.1) is 6.92 Å². The number of aromatic nitrogens is 2. The van der Waals surface area contributed by atoms with Gasteiger partial charge in [-0.25, -0.2) is 9.97 Å². The van der Waals surface area contributed by atoms with Crippen LogP contribution in [-0.2, 0) is 13.0 Å². The molecule has 0 aliphatic heterocycles. The lowest BCUT2D eigenvalue weighted by atomic mass is 10.1. The van der Waals surface area contributed by atoms with Crippen molar-refractivity contribution in [3.05, 3.63) is 83.2 Å². The molecule has 0 spiro atoms. The molecule has 0 saturated heterocycles. The predicted molar refractivity (Wildman–Crippen MR) is 110 cm³/mol. The SMILES string of the molecule is COc1ccccc1CCNc1ncc(C(=O)NCc2cccc(C)c2)cn1. The highest BCUT2D eigenvalue weighted by molar-refractivity contribution is 5.93. The van der Waals surface area contributed by atoms with Gasteiger partial charge in [0.2, 0.25) is 5.95 Å². The number of hydrogen-bond donors (Lipinski definition) is 2. The van der Waals surface area contributed by atoms with Gasteiger partial charge in [-0.05, 0) is 30.5 Å². The van der Waals surface area contributed by atoms with Crippen molar-refractivity contribution >= 4 is 11.9 Å². The average molecular weight is 376 g/mol. The van der Waals surface area contributed by atoms with Crippen LogP contribution in [0.4, 0.5) is 5.95 Å². The van der Waals surface area contributed by atoms with Crippen LogP contribution in [0.15, 0.2) is 60.9 Å². The second-order valence-corrected chi connectivity index (χ2v) is 6.46. The molecule has 0 atom stereocenters. The molecule has 6 nitrogen and oxygen atoms in total. The van der Waals surface area contributed by atoms with Crippen LogP contribution < -0.4 is 15.4 Å². The number of nitrogens with one attached hydrogen (secondary N) is 2. The molecule has 0 fully saturated rings. The molecular formula is C22H24N4O2. The van der Waals surface area contributed by atoms with Crippen molar-refractivity contribution < 1.29 is 9.53 Å². The van der Waals surface area contributed by atoms with Gasteiger partial charge in [-0.1, -0.05) is 48.0 Å². The summed E-state index contributed by atoms with van der Waals surface area (Å²) in [5, 5.41) is 6.05. The first-order valence-corrected chi connectivity index (χ1v) is 9.17. The molecule has 0 saturated carbocycles. The maximum Gasteiger partial charge on any atom is 0.254 e. The number of rotatable bonds is 8. The van der Waals surface area contributed by atoms with Gasteiger partial charge in [0.15, 0.2) is 0 Å². The number of benzene rings is 2. The Labute approximate surface area is 165 Å². The Morgan fingerprint density at radius 2 is 1.86 bits per heavy atom. The monoisotopic (exact) mass is 376 g/mol. The molecule has 0 unspecified atom stereocenters. The molecule has 0 aliphatic rings. The Balaban J connectivity index is 1.49. The number of para-hydroxylation sites is 1. The van der Waals surface area contributed by atoms with Gasteiger partial charge in [-0.3, -0.25) is 4.79 Å². The minimum Gasteiger partial charge on any atom is -0.496 e. The Bertz CT molecular complexity index is 926. The maximum atomic E-state index is 12.3. The van der Waals surface area contributed by atoms with E-state index in [-0.39, 0.29) is 5.91 Å². The van der Waals surface area contributed by atoms with Gasteiger partial charge in [-0.15, -0.1) is 0 Å². The largest absolute Gasteiger partial charge is 0.496 e. The first-order chi connectivity index (χ1) is 13.7. The maximum absolute atomic E-state index is 12.3. The van der Waals surface area contributed by atoms with Crippen LogP contribution in [0.5, 0.6) is 5.75 Å². The lowest BCUT2D eigenvalue weighted by Crippen LogP contribution is -2.23. The topological polar surface area (TPSA) is 76.1 Å². The van der Waals surface area contributed by atoms with Crippen LogP contribution in [-0.4, -0.2) is 29.5 Å². The molecule has 0 bridgehead atoms. The van der Waals surface area contributed by atoms with Gasteiger partial charge in [-0.2, -0.15) is 0 Å². The van der Waals surface area contributed by atoms with E-state index in [0.717, 1.165) is 23.3 Å². The van der Waals surface area contributed by atoms with E-state index in [1.54, 1.807) is 7.11 Å². The molecule has 1 heterocycles. The molecule has 2 N–H and O–H groups in total. The summed E-state index contributed by atoms with van der Waals surface area (Å²) in [6.07, 6.45) is 3.85. The minimum atomic E-state index is -0.193. The van der Waals surface area contributed by atoms with Gasteiger partial charge in [0.1, 0.15) is 5.75 Å². The zero-order valence-electron chi connectivity index (χ0n) is 16.1. The van der Waals surface area contributed by atoms with Crippen LogP contribution in [0.25, 0.3) is 0 Å². The molecular weight excluding hydrogens is 352 g/mol. The number of methoxy groups -OCH3 is 1. The number of ether oxygens (including phenoxy) is 1. The number of hydrogen-bond acceptors (Lipinski definition) is 5. The normalized spacial score (nSPS) is 10.4. The predicted octanol–water partition coefficient (Wildman–Crippen LogP) is 3.38. The van der Waals surface area contributed by atoms with Crippen LogP contribution >= 0.6 is 0 Å².